The molecule has 0 amide bonds. The molecule has 18 heavy (non-hydrogen) atoms. The first-order valence-corrected chi connectivity index (χ1v) is 11.7. The molecule has 0 aliphatic carbocycles. The molecule has 0 unspecified atom stereocenters. The lowest BCUT2D eigenvalue weighted by Gasteiger charge is -2.41. The first-order chi connectivity index (χ1) is 8.66. The van der Waals surface area contributed by atoms with E-state index in [1.54, 1.807) is 0 Å². The third-order valence-corrected chi connectivity index (χ3v) is 11.7. The van der Waals surface area contributed by atoms with Crippen molar-refractivity contribution in [2.75, 3.05) is 26.4 Å². The Labute approximate surface area is 113 Å². The molecule has 0 radical (unpaired) electrons. The molecule has 0 N–H and O–H groups in total. The Morgan fingerprint density at radius 2 is 0.778 bits per heavy atom. The van der Waals surface area contributed by atoms with Gasteiger partial charge in [0.25, 0.3) is 0 Å². The summed E-state index contributed by atoms with van der Waals surface area (Å²) < 4.78 is 24.0. The standard InChI is InChI=1S/C12H28O4Si2/c1-5-13-17(14-6-2)9-11-18(12-10-17,15-7-3)16-8-4/h5-12H2,1-4H3. The van der Waals surface area contributed by atoms with Crippen LogP contribution < -0.4 is 0 Å². The Kier molecular flexibility index (Phi) is 7.04. The Hall–Kier alpha value is 0.274. The Bertz CT molecular complexity index is 190. The molecule has 0 bridgehead atoms. The van der Waals surface area contributed by atoms with Crippen LogP contribution in [0, 0.1) is 0 Å². The average molecular weight is 293 g/mol. The maximum absolute atomic E-state index is 5.99. The summed E-state index contributed by atoms with van der Waals surface area (Å²) in [6.45, 7) is 11.2. The minimum atomic E-state index is -1.95. The smallest absolute Gasteiger partial charge is 0.337 e. The normalized spacial score (nSPS) is 22.0. The molecule has 1 rings (SSSR count). The summed E-state index contributed by atoms with van der Waals surface area (Å²) in [6.07, 6.45) is 0. The van der Waals surface area contributed by atoms with Crippen molar-refractivity contribution in [3.8, 4) is 0 Å². The number of hydrogen-bond acceptors (Lipinski definition) is 4. The third-order valence-electron chi connectivity index (χ3n) is 3.40. The molecule has 0 spiro atoms. The van der Waals surface area contributed by atoms with E-state index >= 15 is 0 Å². The van der Waals surface area contributed by atoms with Gasteiger partial charge in [-0.3, -0.25) is 0 Å². The molecule has 1 aliphatic heterocycles. The van der Waals surface area contributed by atoms with Crippen LogP contribution in [-0.2, 0) is 17.7 Å². The lowest BCUT2D eigenvalue weighted by atomic mass is 10.9. The van der Waals surface area contributed by atoms with Crippen LogP contribution in [0.1, 0.15) is 27.7 Å². The summed E-state index contributed by atoms with van der Waals surface area (Å²) in [5.74, 6) is 0. The van der Waals surface area contributed by atoms with E-state index in [1.807, 2.05) is 0 Å². The fourth-order valence-electron chi connectivity index (χ4n) is 2.72. The van der Waals surface area contributed by atoms with E-state index in [0.717, 1.165) is 50.6 Å². The van der Waals surface area contributed by atoms with Gasteiger partial charge in [-0.1, -0.05) is 0 Å². The van der Waals surface area contributed by atoms with E-state index in [0.29, 0.717) is 0 Å². The Morgan fingerprint density at radius 1 is 0.556 bits per heavy atom. The molecule has 1 saturated heterocycles. The van der Waals surface area contributed by atoms with Crippen LogP contribution in [0.3, 0.4) is 0 Å². The molecule has 1 heterocycles. The lowest BCUT2D eigenvalue weighted by Crippen LogP contribution is -2.54. The van der Waals surface area contributed by atoms with Crippen molar-refractivity contribution >= 4 is 17.1 Å². The van der Waals surface area contributed by atoms with Crippen molar-refractivity contribution in [2.24, 2.45) is 0 Å². The van der Waals surface area contributed by atoms with Crippen LogP contribution in [-0.4, -0.2) is 43.5 Å². The fourth-order valence-corrected chi connectivity index (χ4v) is 12.7. The van der Waals surface area contributed by atoms with Gasteiger partial charge in [-0.15, -0.1) is 0 Å². The molecule has 0 atom stereocenters. The van der Waals surface area contributed by atoms with Crippen molar-refractivity contribution in [2.45, 2.75) is 51.9 Å². The molecule has 108 valence electrons. The second kappa shape index (κ2) is 7.76. The minimum Gasteiger partial charge on any atom is -0.394 e. The van der Waals surface area contributed by atoms with Crippen LogP contribution in [0.2, 0.25) is 24.2 Å². The molecule has 0 aromatic carbocycles. The highest BCUT2D eigenvalue weighted by Gasteiger charge is 2.51. The summed E-state index contributed by atoms with van der Waals surface area (Å²) in [4.78, 5) is 0. The van der Waals surface area contributed by atoms with E-state index in [-0.39, 0.29) is 0 Å². The third kappa shape index (κ3) is 4.14. The van der Waals surface area contributed by atoms with Crippen LogP contribution in [0.5, 0.6) is 0 Å². The van der Waals surface area contributed by atoms with Gasteiger partial charge in [0.05, 0.1) is 0 Å². The van der Waals surface area contributed by atoms with Crippen molar-refractivity contribution in [3.63, 3.8) is 0 Å². The summed E-state index contributed by atoms with van der Waals surface area (Å²) in [5.41, 5.74) is 0. The predicted molar refractivity (Wildman–Crippen MR) is 77.2 cm³/mol. The van der Waals surface area contributed by atoms with Gasteiger partial charge >= 0.3 is 17.1 Å². The van der Waals surface area contributed by atoms with E-state index < -0.39 is 17.1 Å². The van der Waals surface area contributed by atoms with Crippen molar-refractivity contribution < 1.29 is 17.7 Å². The quantitative estimate of drug-likeness (QED) is 0.644. The highest BCUT2D eigenvalue weighted by molar-refractivity contribution is 6.78. The van der Waals surface area contributed by atoms with Gasteiger partial charge in [0.2, 0.25) is 0 Å². The largest absolute Gasteiger partial charge is 0.394 e. The topological polar surface area (TPSA) is 36.9 Å². The minimum absolute atomic E-state index is 0.754. The zero-order valence-electron chi connectivity index (χ0n) is 12.3. The zero-order valence-corrected chi connectivity index (χ0v) is 14.3. The summed E-state index contributed by atoms with van der Waals surface area (Å²) in [5, 5.41) is 0. The first kappa shape index (κ1) is 16.3. The SMILES string of the molecule is CCO[Si]1(OCC)CC[Si](OCC)(OCC)CC1. The van der Waals surface area contributed by atoms with Crippen molar-refractivity contribution in [1.82, 2.24) is 0 Å². The monoisotopic (exact) mass is 292 g/mol. The molecule has 0 saturated carbocycles. The second-order valence-electron chi connectivity index (χ2n) is 4.55. The second-order valence-corrected chi connectivity index (χ2v) is 11.4. The van der Waals surface area contributed by atoms with E-state index in [1.165, 1.54) is 0 Å². The summed E-state index contributed by atoms with van der Waals surface area (Å²) in [7, 11) is -3.91. The van der Waals surface area contributed by atoms with Crippen LogP contribution in [0.25, 0.3) is 0 Å². The number of hydrogen-bond donors (Lipinski definition) is 0. The average Bonchev–Trinajstić information content (AvgIpc) is 2.35. The van der Waals surface area contributed by atoms with Crippen molar-refractivity contribution in [1.29, 1.82) is 0 Å². The van der Waals surface area contributed by atoms with Gasteiger partial charge in [0.15, 0.2) is 0 Å². The fraction of sp³-hybridized carbons (Fsp3) is 1.00. The molecular weight excluding hydrogens is 264 g/mol. The number of rotatable bonds is 8. The lowest BCUT2D eigenvalue weighted by molar-refractivity contribution is 0.159. The van der Waals surface area contributed by atoms with Gasteiger partial charge in [0.1, 0.15) is 0 Å². The molecular formula is C12H28O4Si2. The van der Waals surface area contributed by atoms with Gasteiger partial charge in [0, 0.05) is 26.4 Å². The highest BCUT2D eigenvalue weighted by atomic mass is 28.4. The summed E-state index contributed by atoms with van der Waals surface area (Å²) >= 11 is 0. The van der Waals surface area contributed by atoms with E-state index in [4.69, 9.17) is 17.7 Å². The molecule has 6 heteroatoms. The van der Waals surface area contributed by atoms with Gasteiger partial charge in [-0.2, -0.15) is 0 Å². The highest BCUT2D eigenvalue weighted by Crippen LogP contribution is 2.38. The molecule has 0 aromatic rings. The predicted octanol–water partition coefficient (Wildman–Crippen LogP) is 3.03. The molecule has 1 fully saturated rings. The van der Waals surface area contributed by atoms with Gasteiger partial charge in [-0.05, 0) is 51.9 Å². The van der Waals surface area contributed by atoms with Gasteiger partial charge in [-0.25, -0.2) is 0 Å². The van der Waals surface area contributed by atoms with Crippen LogP contribution in [0.15, 0.2) is 0 Å². The summed E-state index contributed by atoms with van der Waals surface area (Å²) in [6, 6.07) is 4.11. The Morgan fingerprint density at radius 3 is 0.944 bits per heavy atom. The van der Waals surface area contributed by atoms with Crippen LogP contribution >= 0.6 is 0 Å². The maximum Gasteiger partial charge on any atom is 0.337 e. The maximum atomic E-state index is 5.99. The molecule has 1 aliphatic rings. The van der Waals surface area contributed by atoms with Gasteiger partial charge < -0.3 is 17.7 Å². The van der Waals surface area contributed by atoms with Crippen molar-refractivity contribution in [3.05, 3.63) is 0 Å². The molecule has 0 aromatic heterocycles. The Balaban J connectivity index is 2.64. The zero-order chi connectivity index (χ0) is 13.5. The van der Waals surface area contributed by atoms with E-state index in [9.17, 15) is 0 Å². The van der Waals surface area contributed by atoms with E-state index in [2.05, 4.69) is 27.7 Å². The van der Waals surface area contributed by atoms with Crippen LogP contribution in [0.4, 0.5) is 0 Å². The molecule has 4 nitrogen and oxygen atoms in total. The first-order valence-electron chi connectivity index (χ1n) is 7.21.